The smallest absolute Gasteiger partial charge is 0.269 e. The van der Waals surface area contributed by atoms with Gasteiger partial charge in [0.1, 0.15) is 10.7 Å². The Hall–Kier alpha value is -1.99. The summed E-state index contributed by atoms with van der Waals surface area (Å²) in [6, 6.07) is 4.31. The van der Waals surface area contributed by atoms with Crippen LogP contribution in [0, 0.1) is 12.7 Å². The molecule has 0 aliphatic carbocycles. The van der Waals surface area contributed by atoms with Gasteiger partial charge in [-0.3, -0.25) is 10.1 Å². The molecule has 0 aliphatic heterocycles. The lowest BCUT2D eigenvalue weighted by atomic mass is 10.2. The van der Waals surface area contributed by atoms with Crippen LogP contribution in [0.25, 0.3) is 10.1 Å². The van der Waals surface area contributed by atoms with E-state index < -0.39 is 0 Å². The molecule has 0 fully saturated rings. The van der Waals surface area contributed by atoms with Gasteiger partial charge in [-0.05, 0) is 25.1 Å². The highest BCUT2D eigenvalue weighted by Gasteiger charge is 2.17. The fraction of sp³-hybridized carbons (Fsp3) is 0.0769. The van der Waals surface area contributed by atoms with Crippen LogP contribution in [0.2, 0.25) is 0 Å². The van der Waals surface area contributed by atoms with Gasteiger partial charge in [-0.15, -0.1) is 22.7 Å². The Morgan fingerprint density at radius 2 is 2.25 bits per heavy atom. The van der Waals surface area contributed by atoms with Gasteiger partial charge in [-0.2, -0.15) is 0 Å². The molecular formula is C13H10FN3OS2. The minimum atomic E-state index is -0.371. The number of thiophene rings is 1. The quantitative estimate of drug-likeness (QED) is 0.759. The van der Waals surface area contributed by atoms with Crippen molar-refractivity contribution in [3.8, 4) is 0 Å². The average Bonchev–Trinajstić information content (AvgIpc) is 2.94. The number of nitrogen functional groups attached to an aromatic ring is 1. The molecule has 3 rings (SSSR count). The van der Waals surface area contributed by atoms with E-state index in [-0.39, 0.29) is 11.7 Å². The van der Waals surface area contributed by atoms with Crippen molar-refractivity contribution >= 4 is 49.5 Å². The molecule has 2 heterocycles. The van der Waals surface area contributed by atoms with Crippen LogP contribution in [0.1, 0.15) is 15.4 Å². The van der Waals surface area contributed by atoms with Crippen LogP contribution in [0.15, 0.2) is 23.6 Å². The van der Waals surface area contributed by atoms with Gasteiger partial charge in [0, 0.05) is 15.5 Å². The highest BCUT2D eigenvalue weighted by molar-refractivity contribution is 7.21. The molecule has 0 atom stereocenters. The van der Waals surface area contributed by atoms with Gasteiger partial charge in [0.05, 0.1) is 11.4 Å². The minimum absolute atomic E-state index is 0.301. The topological polar surface area (TPSA) is 68.0 Å². The number of nitrogens with one attached hydrogen (secondary N) is 1. The maximum absolute atomic E-state index is 13.2. The predicted molar refractivity (Wildman–Crippen MR) is 81.0 cm³/mol. The number of hydrogen-bond donors (Lipinski definition) is 2. The molecule has 1 amide bonds. The third-order valence-corrected chi connectivity index (χ3v) is 4.80. The number of halogens is 1. The summed E-state index contributed by atoms with van der Waals surface area (Å²) in [5.41, 5.74) is 7.08. The standard InChI is InChI=1S/C13H10FN3OS2/c1-6-5-19-13(16-6)17-12(18)11-10(15)8-4-7(14)2-3-9(8)20-11/h2-5H,15H2,1H3,(H,16,17,18). The zero-order chi connectivity index (χ0) is 14.3. The molecule has 4 nitrogen and oxygen atoms in total. The Morgan fingerprint density at radius 3 is 2.95 bits per heavy atom. The van der Waals surface area contributed by atoms with Crippen molar-refractivity contribution in [2.45, 2.75) is 6.92 Å². The fourth-order valence-corrected chi connectivity index (χ4v) is 3.50. The molecule has 0 aliphatic rings. The van der Waals surface area contributed by atoms with Gasteiger partial charge in [0.2, 0.25) is 0 Å². The Balaban J connectivity index is 1.97. The van der Waals surface area contributed by atoms with Gasteiger partial charge >= 0.3 is 0 Å². The van der Waals surface area contributed by atoms with Gasteiger partial charge in [0.25, 0.3) is 5.91 Å². The first-order valence-corrected chi connectivity index (χ1v) is 7.45. The maximum atomic E-state index is 13.2. The molecule has 102 valence electrons. The molecule has 7 heteroatoms. The van der Waals surface area contributed by atoms with Crippen molar-refractivity contribution in [1.29, 1.82) is 0 Å². The third kappa shape index (κ3) is 2.25. The number of rotatable bonds is 2. The highest BCUT2D eigenvalue weighted by Crippen LogP contribution is 2.34. The first-order chi connectivity index (χ1) is 9.54. The zero-order valence-electron chi connectivity index (χ0n) is 10.4. The molecule has 3 N–H and O–H groups in total. The lowest BCUT2D eigenvalue weighted by Gasteiger charge is -1.99. The van der Waals surface area contributed by atoms with E-state index in [4.69, 9.17) is 5.73 Å². The van der Waals surface area contributed by atoms with Crippen molar-refractivity contribution in [3.63, 3.8) is 0 Å². The number of thiazole rings is 1. The molecule has 3 aromatic rings. The summed E-state index contributed by atoms with van der Waals surface area (Å²) in [5.74, 6) is -0.692. The number of aryl methyl sites for hydroxylation is 1. The van der Waals surface area contributed by atoms with E-state index in [0.717, 1.165) is 10.4 Å². The SMILES string of the molecule is Cc1csc(NC(=O)c2sc3ccc(F)cc3c2N)n1. The van der Waals surface area contributed by atoms with Crippen molar-refractivity contribution in [1.82, 2.24) is 4.98 Å². The van der Waals surface area contributed by atoms with Crippen molar-refractivity contribution in [2.24, 2.45) is 0 Å². The van der Waals surface area contributed by atoms with Crippen LogP contribution in [-0.4, -0.2) is 10.9 Å². The van der Waals surface area contributed by atoms with E-state index in [0.29, 0.717) is 21.1 Å². The van der Waals surface area contributed by atoms with Crippen LogP contribution < -0.4 is 11.1 Å². The van der Waals surface area contributed by atoms with Crippen LogP contribution in [0.3, 0.4) is 0 Å². The summed E-state index contributed by atoms with van der Waals surface area (Å²) in [7, 11) is 0. The highest BCUT2D eigenvalue weighted by atomic mass is 32.1. The van der Waals surface area contributed by atoms with E-state index in [9.17, 15) is 9.18 Å². The number of amides is 1. The third-order valence-electron chi connectivity index (χ3n) is 2.73. The number of fused-ring (bicyclic) bond motifs is 1. The fourth-order valence-electron chi connectivity index (χ4n) is 1.82. The van der Waals surface area contributed by atoms with Crippen molar-refractivity contribution in [3.05, 3.63) is 40.0 Å². The zero-order valence-corrected chi connectivity index (χ0v) is 12.1. The van der Waals surface area contributed by atoms with Gasteiger partial charge in [0.15, 0.2) is 5.13 Å². The van der Waals surface area contributed by atoms with Crippen molar-refractivity contribution < 1.29 is 9.18 Å². The molecule has 0 radical (unpaired) electrons. The summed E-state index contributed by atoms with van der Waals surface area (Å²) in [5, 5.41) is 5.64. The lowest BCUT2D eigenvalue weighted by molar-refractivity contribution is 0.103. The van der Waals surface area contributed by atoms with Crippen LogP contribution in [0.5, 0.6) is 0 Å². The molecule has 0 unspecified atom stereocenters. The van der Waals surface area contributed by atoms with Crippen molar-refractivity contribution in [2.75, 3.05) is 11.1 Å². The van der Waals surface area contributed by atoms with Crippen LogP contribution >= 0.6 is 22.7 Å². The summed E-state index contributed by atoms with van der Waals surface area (Å²) < 4.78 is 14.0. The normalized spacial score (nSPS) is 10.9. The monoisotopic (exact) mass is 307 g/mol. The van der Waals surface area contributed by atoms with E-state index in [1.807, 2.05) is 12.3 Å². The Bertz CT molecular complexity index is 809. The number of carbonyl (C=O) groups excluding carboxylic acids is 1. The van der Waals surface area contributed by atoms with Crippen LogP contribution in [-0.2, 0) is 0 Å². The van der Waals surface area contributed by atoms with E-state index >= 15 is 0 Å². The predicted octanol–water partition coefficient (Wildman–Crippen LogP) is 3.64. The first-order valence-electron chi connectivity index (χ1n) is 5.75. The number of nitrogens with two attached hydrogens (primary N) is 1. The molecular weight excluding hydrogens is 297 g/mol. The van der Waals surface area contributed by atoms with E-state index in [1.165, 1.54) is 34.8 Å². The molecule has 0 saturated heterocycles. The first kappa shape index (κ1) is 13.0. The maximum Gasteiger partial charge on any atom is 0.269 e. The largest absolute Gasteiger partial charge is 0.397 e. The molecule has 2 aromatic heterocycles. The molecule has 0 spiro atoms. The minimum Gasteiger partial charge on any atom is -0.397 e. The number of aromatic nitrogens is 1. The van der Waals surface area contributed by atoms with Crippen LogP contribution in [0.4, 0.5) is 15.2 Å². The average molecular weight is 307 g/mol. The number of nitrogens with zero attached hydrogens (tertiary/aromatic N) is 1. The second-order valence-corrected chi connectivity index (χ2v) is 6.14. The number of benzene rings is 1. The van der Waals surface area contributed by atoms with Gasteiger partial charge < -0.3 is 5.73 Å². The second kappa shape index (κ2) is 4.84. The molecule has 0 bridgehead atoms. The molecule has 1 aromatic carbocycles. The Kier molecular flexibility index (Phi) is 3.15. The number of anilines is 2. The summed E-state index contributed by atoms with van der Waals surface area (Å²) >= 11 is 2.59. The summed E-state index contributed by atoms with van der Waals surface area (Å²) in [6.07, 6.45) is 0. The van der Waals surface area contributed by atoms with E-state index in [2.05, 4.69) is 10.3 Å². The van der Waals surface area contributed by atoms with Gasteiger partial charge in [-0.1, -0.05) is 0 Å². The van der Waals surface area contributed by atoms with E-state index in [1.54, 1.807) is 6.07 Å². The lowest BCUT2D eigenvalue weighted by Crippen LogP contribution is -2.11. The Morgan fingerprint density at radius 1 is 1.45 bits per heavy atom. The molecule has 20 heavy (non-hydrogen) atoms. The molecule has 0 saturated carbocycles. The van der Waals surface area contributed by atoms with Gasteiger partial charge in [-0.25, -0.2) is 9.37 Å². The number of carbonyl (C=O) groups is 1. The number of hydrogen-bond acceptors (Lipinski definition) is 5. The second-order valence-electron chi connectivity index (χ2n) is 4.23. The Labute approximate surface area is 122 Å². The summed E-state index contributed by atoms with van der Waals surface area (Å²) in [6.45, 7) is 1.85. The summed E-state index contributed by atoms with van der Waals surface area (Å²) in [4.78, 5) is 16.7.